The van der Waals surface area contributed by atoms with E-state index < -0.39 is 5.91 Å². The molecule has 0 bridgehead atoms. The minimum absolute atomic E-state index is 0.113. The lowest BCUT2D eigenvalue weighted by Gasteiger charge is -2.29. The number of carbonyl (C=O) groups excluding carboxylic acids is 2. The quantitative estimate of drug-likeness (QED) is 0.805. The number of carbonyl (C=O) groups is 2. The van der Waals surface area contributed by atoms with Crippen molar-refractivity contribution in [2.24, 2.45) is 0 Å². The summed E-state index contributed by atoms with van der Waals surface area (Å²) in [5.74, 6) is -0.768. The Balaban J connectivity index is 1.70. The Morgan fingerprint density at radius 2 is 1.85 bits per heavy atom. The summed E-state index contributed by atoms with van der Waals surface area (Å²) in [5, 5.41) is 7.79. The number of likely N-dealkylation sites (tertiary alicyclic amines) is 1. The fraction of sp³-hybridized carbons (Fsp3) is 0.353. The van der Waals surface area contributed by atoms with Crippen LogP contribution in [0.2, 0.25) is 10.0 Å². The van der Waals surface area contributed by atoms with Crippen molar-refractivity contribution in [2.45, 2.75) is 18.9 Å². The lowest BCUT2D eigenvalue weighted by Crippen LogP contribution is -2.43. The fourth-order valence-corrected chi connectivity index (χ4v) is 3.98. The second-order valence-corrected chi connectivity index (χ2v) is 7.62. The van der Waals surface area contributed by atoms with Crippen molar-refractivity contribution in [3.63, 3.8) is 0 Å². The molecule has 0 atom stereocenters. The molecule has 0 saturated carbocycles. The maximum Gasteiger partial charge on any atom is 0.273 e. The van der Waals surface area contributed by atoms with Gasteiger partial charge in [0.1, 0.15) is 0 Å². The molecule has 0 aliphatic carbocycles. The largest absolute Gasteiger partial charge is 0.348 e. The molecule has 1 aromatic heterocycles. The Bertz CT molecular complexity index is 799. The van der Waals surface area contributed by atoms with E-state index in [9.17, 15) is 9.59 Å². The molecule has 138 valence electrons. The smallest absolute Gasteiger partial charge is 0.273 e. The van der Waals surface area contributed by atoms with Gasteiger partial charge in [0.05, 0.1) is 21.3 Å². The number of rotatable bonds is 4. The van der Waals surface area contributed by atoms with Crippen molar-refractivity contribution in [1.29, 1.82) is 0 Å². The van der Waals surface area contributed by atoms with Gasteiger partial charge >= 0.3 is 0 Å². The summed E-state index contributed by atoms with van der Waals surface area (Å²) in [4.78, 5) is 27.3. The van der Waals surface area contributed by atoms with Crippen molar-refractivity contribution in [2.75, 3.05) is 25.5 Å². The number of nitrogens with one attached hydrogen (secondary N) is 2. The Kier molecular flexibility index (Phi) is 6.13. The summed E-state index contributed by atoms with van der Waals surface area (Å²) < 4.78 is 4.13. The molecule has 0 radical (unpaired) electrons. The van der Waals surface area contributed by atoms with Gasteiger partial charge in [-0.1, -0.05) is 29.3 Å². The molecule has 2 aromatic rings. The highest BCUT2D eigenvalue weighted by molar-refractivity contribution is 7.04. The highest BCUT2D eigenvalue weighted by Crippen LogP contribution is 2.26. The van der Waals surface area contributed by atoms with E-state index in [0.29, 0.717) is 5.69 Å². The van der Waals surface area contributed by atoms with Gasteiger partial charge in [-0.3, -0.25) is 9.59 Å². The van der Waals surface area contributed by atoms with Crippen LogP contribution in [0, 0.1) is 0 Å². The first-order valence-corrected chi connectivity index (χ1v) is 9.74. The average molecular weight is 413 g/mol. The molecule has 2 amide bonds. The van der Waals surface area contributed by atoms with Crippen LogP contribution in [0.3, 0.4) is 0 Å². The average Bonchev–Trinajstić information content (AvgIpc) is 3.05. The normalized spacial score (nSPS) is 15.7. The number of halogens is 2. The van der Waals surface area contributed by atoms with Crippen LogP contribution in [-0.4, -0.2) is 47.3 Å². The van der Waals surface area contributed by atoms with Gasteiger partial charge in [-0.15, -0.1) is 0 Å². The van der Waals surface area contributed by atoms with Crippen LogP contribution in [0.15, 0.2) is 23.6 Å². The predicted molar refractivity (Wildman–Crippen MR) is 105 cm³/mol. The number of hydrogen-bond donors (Lipinski definition) is 2. The van der Waals surface area contributed by atoms with Crippen molar-refractivity contribution in [3.05, 3.63) is 44.9 Å². The molecular weight excluding hydrogens is 395 g/mol. The molecule has 26 heavy (non-hydrogen) atoms. The third-order valence-electron chi connectivity index (χ3n) is 4.28. The molecule has 3 rings (SSSR count). The topological polar surface area (TPSA) is 74.3 Å². The van der Waals surface area contributed by atoms with E-state index in [1.807, 2.05) is 0 Å². The van der Waals surface area contributed by atoms with Gasteiger partial charge < -0.3 is 15.5 Å². The van der Waals surface area contributed by atoms with Crippen LogP contribution in [0.25, 0.3) is 0 Å². The second-order valence-electron chi connectivity index (χ2n) is 6.18. The molecule has 2 N–H and O–H groups in total. The maximum absolute atomic E-state index is 12.5. The van der Waals surface area contributed by atoms with E-state index in [1.165, 1.54) is 0 Å². The molecule has 9 heteroatoms. The minimum Gasteiger partial charge on any atom is -0.348 e. The van der Waals surface area contributed by atoms with Gasteiger partial charge in [0, 0.05) is 11.4 Å². The van der Waals surface area contributed by atoms with Crippen molar-refractivity contribution in [1.82, 2.24) is 14.6 Å². The highest BCUT2D eigenvalue weighted by atomic mass is 35.5. The first-order valence-electron chi connectivity index (χ1n) is 8.15. The number of piperidine rings is 1. The SMILES string of the molecule is CN1CCC(NC(=O)c2nscc2NC(=O)c2c(Cl)cccc2Cl)CC1. The molecule has 0 spiro atoms. The molecule has 6 nitrogen and oxygen atoms in total. The zero-order valence-corrected chi connectivity index (χ0v) is 16.4. The molecule has 1 aliphatic rings. The summed E-state index contributed by atoms with van der Waals surface area (Å²) in [7, 11) is 2.06. The molecule has 1 aromatic carbocycles. The molecular formula is C17H18Cl2N4O2S. The zero-order chi connectivity index (χ0) is 18.7. The zero-order valence-electron chi connectivity index (χ0n) is 14.1. The summed E-state index contributed by atoms with van der Waals surface area (Å²) >= 11 is 13.2. The number of amides is 2. The Morgan fingerprint density at radius 3 is 2.50 bits per heavy atom. The summed E-state index contributed by atoms with van der Waals surface area (Å²) in [6, 6.07) is 4.94. The van der Waals surface area contributed by atoms with Crippen LogP contribution >= 0.6 is 34.7 Å². The number of aromatic nitrogens is 1. The molecule has 1 aliphatic heterocycles. The summed E-state index contributed by atoms with van der Waals surface area (Å²) in [5.41, 5.74) is 0.718. The third kappa shape index (κ3) is 4.35. The standard InChI is InChI=1S/C17H18Cl2N4O2S/c1-23-7-5-10(6-8-23)20-17(25)15-13(9-26-22-15)21-16(24)14-11(18)3-2-4-12(14)19/h2-4,9-10H,5-8H2,1H3,(H,20,25)(H,21,24). The number of benzene rings is 1. The van der Waals surface area contributed by atoms with E-state index in [4.69, 9.17) is 23.2 Å². The van der Waals surface area contributed by atoms with Gasteiger partial charge in [-0.25, -0.2) is 0 Å². The van der Waals surface area contributed by atoms with E-state index in [2.05, 4.69) is 27.0 Å². The van der Waals surface area contributed by atoms with Gasteiger partial charge in [0.15, 0.2) is 5.69 Å². The Morgan fingerprint density at radius 1 is 1.19 bits per heavy atom. The number of nitrogens with zero attached hydrogens (tertiary/aromatic N) is 2. The van der Waals surface area contributed by atoms with Crippen molar-refractivity contribution < 1.29 is 9.59 Å². The van der Waals surface area contributed by atoms with Crippen LogP contribution in [0.5, 0.6) is 0 Å². The van der Waals surface area contributed by atoms with Gasteiger partial charge in [0.2, 0.25) is 0 Å². The Hall–Kier alpha value is -1.67. The molecule has 0 unspecified atom stereocenters. The Labute approximate surface area is 165 Å². The number of anilines is 1. The minimum atomic E-state index is -0.478. The second kappa shape index (κ2) is 8.35. The van der Waals surface area contributed by atoms with Crippen LogP contribution in [-0.2, 0) is 0 Å². The monoisotopic (exact) mass is 412 g/mol. The fourth-order valence-electron chi connectivity index (χ4n) is 2.80. The van der Waals surface area contributed by atoms with Crippen LogP contribution in [0.4, 0.5) is 5.69 Å². The molecule has 2 heterocycles. The van der Waals surface area contributed by atoms with Gasteiger partial charge in [0.25, 0.3) is 11.8 Å². The summed E-state index contributed by atoms with van der Waals surface area (Å²) in [6.45, 7) is 1.88. The molecule has 1 saturated heterocycles. The van der Waals surface area contributed by atoms with Crippen LogP contribution < -0.4 is 10.6 Å². The van der Waals surface area contributed by atoms with E-state index in [1.54, 1.807) is 23.6 Å². The van der Waals surface area contributed by atoms with Gasteiger partial charge in [-0.05, 0) is 56.6 Å². The molecule has 1 fully saturated rings. The first kappa shape index (κ1) is 19.1. The van der Waals surface area contributed by atoms with E-state index in [-0.39, 0.29) is 33.3 Å². The number of hydrogen-bond acceptors (Lipinski definition) is 5. The first-order chi connectivity index (χ1) is 12.5. The maximum atomic E-state index is 12.5. The predicted octanol–water partition coefficient (Wildman–Crippen LogP) is 3.53. The van der Waals surface area contributed by atoms with Crippen molar-refractivity contribution in [3.8, 4) is 0 Å². The van der Waals surface area contributed by atoms with Crippen molar-refractivity contribution >= 4 is 52.2 Å². The highest BCUT2D eigenvalue weighted by Gasteiger charge is 2.23. The third-order valence-corrected chi connectivity index (χ3v) is 5.54. The van der Waals surface area contributed by atoms with E-state index >= 15 is 0 Å². The lowest BCUT2D eigenvalue weighted by atomic mass is 10.1. The van der Waals surface area contributed by atoms with Crippen LogP contribution in [0.1, 0.15) is 33.7 Å². The summed E-state index contributed by atoms with van der Waals surface area (Å²) in [6.07, 6.45) is 1.78. The van der Waals surface area contributed by atoms with Gasteiger partial charge in [-0.2, -0.15) is 4.37 Å². The lowest BCUT2D eigenvalue weighted by molar-refractivity contribution is 0.0914. The van der Waals surface area contributed by atoms with E-state index in [0.717, 1.165) is 37.5 Å².